The van der Waals surface area contributed by atoms with Gasteiger partial charge in [0.25, 0.3) is 0 Å². The van der Waals surface area contributed by atoms with Gasteiger partial charge in [0.1, 0.15) is 13.7 Å². The van der Waals surface area contributed by atoms with Crippen molar-refractivity contribution in [3.8, 4) is 23.3 Å². The van der Waals surface area contributed by atoms with Gasteiger partial charge in [-0.1, -0.05) is 63.1 Å². The van der Waals surface area contributed by atoms with Crippen LogP contribution in [-0.4, -0.2) is 56.0 Å². The van der Waals surface area contributed by atoms with Crippen molar-refractivity contribution in [3.63, 3.8) is 0 Å². The molecule has 3 saturated heterocycles. The number of aliphatic hydroxyl groups is 1. The molecule has 4 rings (SSSR count). The molecule has 3 nitrogen and oxygen atoms in total. The molecular formula is C23H37NO2Si. The molecule has 4 aliphatic rings. The van der Waals surface area contributed by atoms with Gasteiger partial charge in [-0.05, 0) is 38.8 Å². The molecule has 2 atom stereocenters. The van der Waals surface area contributed by atoms with Gasteiger partial charge in [0.15, 0.2) is 5.60 Å². The van der Waals surface area contributed by atoms with Crippen LogP contribution in [0.1, 0.15) is 51.4 Å². The molecule has 3 aliphatic heterocycles. The molecule has 0 amide bonds. The summed E-state index contributed by atoms with van der Waals surface area (Å²) >= 11 is 0. The lowest BCUT2D eigenvalue weighted by Gasteiger charge is -2.49. The van der Waals surface area contributed by atoms with Gasteiger partial charge < -0.3 is 9.84 Å². The number of methoxy groups -OCH3 is 1. The molecule has 0 radical (unpaired) electrons. The first-order valence-corrected chi connectivity index (χ1v) is 14.3. The third kappa shape index (κ3) is 4.99. The third-order valence-corrected chi connectivity index (χ3v) is 7.48. The van der Waals surface area contributed by atoms with Crippen molar-refractivity contribution >= 4 is 8.07 Å². The van der Waals surface area contributed by atoms with Crippen LogP contribution in [0.5, 0.6) is 0 Å². The van der Waals surface area contributed by atoms with Crippen LogP contribution in [0.3, 0.4) is 0 Å². The summed E-state index contributed by atoms with van der Waals surface area (Å²) in [6, 6.07) is 0. The minimum Gasteiger partial charge on any atom is -0.367 e. The molecular weight excluding hydrogens is 350 g/mol. The van der Waals surface area contributed by atoms with E-state index in [1.165, 1.54) is 25.7 Å². The van der Waals surface area contributed by atoms with Crippen LogP contribution >= 0.6 is 0 Å². The monoisotopic (exact) mass is 387 g/mol. The van der Waals surface area contributed by atoms with Gasteiger partial charge in [0.2, 0.25) is 0 Å². The Morgan fingerprint density at radius 3 is 2.11 bits per heavy atom. The fraction of sp³-hybridized carbons (Fsp3) is 0.826. The summed E-state index contributed by atoms with van der Waals surface area (Å²) in [5.74, 6) is 10.7. The summed E-state index contributed by atoms with van der Waals surface area (Å²) in [4.78, 5) is 2.45. The number of hydrogen-bond donors (Lipinski definition) is 1. The Balaban J connectivity index is 1.93. The van der Waals surface area contributed by atoms with Gasteiger partial charge in [-0.25, -0.2) is 0 Å². The maximum Gasteiger partial charge on any atom is 0.189 e. The van der Waals surface area contributed by atoms with Crippen LogP contribution in [0.2, 0.25) is 19.6 Å². The van der Waals surface area contributed by atoms with Crippen LogP contribution in [-0.2, 0) is 4.74 Å². The zero-order chi connectivity index (χ0) is 19.5. The highest BCUT2D eigenvalue weighted by molar-refractivity contribution is 6.83. The Morgan fingerprint density at radius 1 is 1.00 bits per heavy atom. The molecule has 4 fully saturated rings. The first-order chi connectivity index (χ1) is 12.8. The van der Waals surface area contributed by atoms with E-state index >= 15 is 0 Å². The SMILES string of the molecule is CO[C@]1(C#CC(O)(C#C[Si](C)(C)C)C2CCCCCC2)CN2CCC1CC2. The molecule has 1 unspecified atom stereocenters. The highest BCUT2D eigenvalue weighted by atomic mass is 28.3. The van der Waals surface area contributed by atoms with Crippen LogP contribution in [0.15, 0.2) is 0 Å². The fourth-order valence-electron chi connectivity index (χ4n) is 4.86. The Bertz CT molecular complexity index is 633. The molecule has 0 aromatic rings. The Labute approximate surface area is 167 Å². The maximum absolute atomic E-state index is 11.6. The lowest BCUT2D eigenvalue weighted by molar-refractivity contribution is -0.0965. The average Bonchev–Trinajstić information content (AvgIpc) is 2.95. The van der Waals surface area contributed by atoms with E-state index in [0.717, 1.165) is 45.3 Å². The van der Waals surface area contributed by atoms with Gasteiger partial charge >= 0.3 is 0 Å². The highest BCUT2D eigenvalue weighted by Gasteiger charge is 2.46. The summed E-state index contributed by atoms with van der Waals surface area (Å²) in [5.41, 5.74) is 1.79. The Hall–Kier alpha value is -0.783. The van der Waals surface area contributed by atoms with E-state index in [-0.39, 0.29) is 5.92 Å². The van der Waals surface area contributed by atoms with Crippen LogP contribution < -0.4 is 0 Å². The number of ether oxygens (including phenoxy) is 1. The van der Waals surface area contributed by atoms with Crippen LogP contribution in [0, 0.1) is 35.1 Å². The molecule has 27 heavy (non-hydrogen) atoms. The molecule has 0 spiro atoms. The fourth-order valence-corrected chi connectivity index (χ4v) is 5.42. The molecule has 150 valence electrons. The third-order valence-electron chi connectivity index (χ3n) is 6.61. The van der Waals surface area contributed by atoms with E-state index in [4.69, 9.17) is 4.74 Å². The van der Waals surface area contributed by atoms with Crippen molar-refractivity contribution in [1.82, 2.24) is 4.90 Å². The Morgan fingerprint density at radius 2 is 1.63 bits per heavy atom. The topological polar surface area (TPSA) is 32.7 Å². The van der Waals surface area contributed by atoms with E-state index in [0.29, 0.717) is 5.92 Å². The van der Waals surface area contributed by atoms with Gasteiger partial charge in [-0.3, -0.25) is 4.90 Å². The van der Waals surface area contributed by atoms with E-state index in [9.17, 15) is 5.11 Å². The van der Waals surface area contributed by atoms with Crippen molar-refractivity contribution < 1.29 is 9.84 Å². The lowest BCUT2D eigenvalue weighted by atomic mass is 9.74. The second-order valence-electron chi connectivity index (χ2n) is 9.85. The van der Waals surface area contributed by atoms with E-state index in [2.05, 4.69) is 47.8 Å². The van der Waals surface area contributed by atoms with Crippen LogP contribution in [0.4, 0.5) is 0 Å². The van der Waals surface area contributed by atoms with Crippen molar-refractivity contribution in [1.29, 1.82) is 0 Å². The minimum absolute atomic E-state index is 0.159. The van der Waals surface area contributed by atoms with Gasteiger partial charge in [-0.2, -0.15) is 0 Å². The quantitative estimate of drug-likeness (QED) is 0.446. The molecule has 3 heterocycles. The normalized spacial score (nSPS) is 33.8. The van der Waals surface area contributed by atoms with Crippen molar-refractivity contribution in [2.75, 3.05) is 26.7 Å². The first kappa shape index (κ1) is 20.9. The lowest BCUT2D eigenvalue weighted by Crippen LogP contribution is -2.59. The molecule has 0 aromatic carbocycles. The smallest absolute Gasteiger partial charge is 0.189 e. The predicted octanol–water partition coefficient (Wildman–Crippen LogP) is 3.68. The number of piperidine rings is 3. The summed E-state index contributed by atoms with van der Waals surface area (Å²) in [6.45, 7) is 9.85. The summed E-state index contributed by atoms with van der Waals surface area (Å²) < 4.78 is 6.00. The van der Waals surface area contributed by atoms with E-state index in [1.54, 1.807) is 7.11 Å². The molecule has 1 aliphatic carbocycles. The molecule has 0 aromatic heterocycles. The van der Waals surface area contributed by atoms with Crippen LogP contribution in [0.25, 0.3) is 0 Å². The highest BCUT2D eigenvalue weighted by Crippen LogP contribution is 2.38. The zero-order valence-corrected chi connectivity index (χ0v) is 18.7. The van der Waals surface area contributed by atoms with E-state index in [1.807, 2.05) is 0 Å². The standard InChI is InChI=1S/C23H37NO2Si/c1-26-23(19-24-16-11-21(23)12-17-24)14-13-22(25,15-18-27(2,3)4)20-9-7-5-6-8-10-20/h20-21,25H,5-12,16-17,19H2,1-4H3/t22?,23-/m1/s1. The van der Waals surface area contributed by atoms with Gasteiger partial charge in [0.05, 0.1) is 0 Å². The number of rotatable bonds is 2. The van der Waals surface area contributed by atoms with Crippen molar-refractivity contribution in [2.45, 2.75) is 82.2 Å². The summed E-state index contributed by atoms with van der Waals surface area (Å²) in [7, 11) is 0.206. The molecule has 1 N–H and O–H groups in total. The van der Waals surface area contributed by atoms with Crippen molar-refractivity contribution in [2.24, 2.45) is 11.8 Å². The molecule has 1 saturated carbocycles. The predicted molar refractivity (Wildman–Crippen MR) is 114 cm³/mol. The average molecular weight is 388 g/mol. The number of fused-ring (bicyclic) bond motifs is 3. The van der Waals surface area contributed by atoms with Gasteiger partial charge in [-0.15, -0.1) is 5.54 Å². The largest absolute Gasteiger partial charge is 0.367 e. The van der Waals surface area contributed by atoms with Crippen molar-refractivity contribution in [3.05, 3.63) is 0 Å². The molecule has 2 bridgehead atoms. The first-order valence-electron chi connectivity index (χ1n) is 10.8. The summed E-state index contributed by atoms with van der Waals surface area (Å²) in [5, 5.41) is 11.6. The second-order valence-corrected chi connectivity index (χ2v) is 14.6. The number of hydrogen-bond acceptors (Lipinski definition) is 3. The van der Waals surface area contributed by atoms with Gasteiger partial charge in [0, 0.05) is 25.5 Å². The zero-order valence-electron chi connectivity index (χ0n) is 17.7. The second kappa shape index (κ2) is 8.30. The maximum atomic E-state index is 11.6. The minimum atomic E-state index is -1.58. The Kier molecular flexibility index (Phi) is 6.43. The summed E-state index contributed by atoms with van der Waals surface area (Å²) in [6.07, 6.45) is 9.23. The molecule has 4 heteroatoms. The van der Waals surface area contributed by atoms with E-state index < -0.39 is 19.3 Å². The number of nitrogens with zero attached hydrogens (tertiary/aromatic N) is 1.